The number of nitrogens with zero attached hydrogens (tertiary/aromatic N) is 1. The molecule has 1 aliphatic rings. The van der Waals surface area contributed by atoms with Crippen LogP contribution in [0, 0.1) is 5.92 Å². The summed E-state index contributed by atoms with van der Waals surface area (Å²) in [6.45, 7) is 0. The molecule has 1 N–H and O–H groups in total. The normalized spacial score (nSPS) is 21.9. The highest BCUT2D eigenvalue weighted by atomic mass is 35.5. The van der Waals surface area contributed by atoms with Gasteiger partial charge < -0.3 is 5.11 Å². The Kier molecular flexibility index (Phi) is 3.06. The van der Waals surface area contributed by atoms with Gasteiger partial charge in [0.15, 0.2) is 0 Å². The maximum absolute atomic E-state index is 10.3. The Hall–Kier alpha value is -1.38. The predicted octanol–water partition coefficient (Wildman–Crippen LogP) is 3.18. The summed E-state index contributed by atoms with van der Waals surface area (Å²) >= 11 is 6.12. The van der Waals surface area contributed by atoms with Crippen molar-refractivity contribution in [3.05, 3.63) is 64.4 Å². The lowest BCUT2D eigenvalue weighted by atomic mass is 9.95. The Bertz CT molecular complexity index is 570. The standard InChI is InChI=1S/C15H14ClNO/c16-14-9-17-6-5-11(14)8-12-7-10-3-1-2-4-13(10)15(12)18/h1-6,9,12,15,18H,7-8H2. The third-order valence-electron chi connectivity index (χ3n) is 3.64. The van der Waals surface area contributed by atoms with Crippen molar-refractivity contribution in [3.63, 3.8) is 0 Å². The van der Waals surface area contributed by atoms with Gasteiger partial charge in [-0.05, 0) is 41.5 Å². The summed E-state index contributed by atoms with van der Waals surface area (Å²) in [5.41, 5.74) is 3.37. The van der Waals surface area contributed by atoms with Crippen molar-refractivity contribution < 1.29 is 5.11 Å². The fourth-order valence-corrected chi connectivity index (χ4v) is 2.89. The molecule has 1 aromatic carbocycles. The van der Waals surface area contributed by atoms with E-state index in [1.165, 1.54) is 5.56 Å². The predicted molar refractivity (Wildman–Crippen MR) is 71.5 cm³/mol. The molecule has 3 rings (SSSR count). The van der Waals surface area contributed by atoms with Crippen molar-refractivity contribution in [2.45, 2.75) is 18.9 Å². The van der Waals surface area contributed by atoms with Crippen LogP contribution in [0.25, 0.3) is 0 Å². The zero-order valence-corrected chi connectivity index (χ0v) is 10.6. The summed E-state index contributed by atoms with van der Waals surface area (Å²) in [5.74, 6) is 0.210. The van der Waals surface area contributed by atoms with Crippen molar-refractivity contribution in [2.24, 2.45) is 5.92 Å². The maximum atomic E-state index is 10.3. The minimum absolute atomic E-state index is 0.210. The SMILES string of the molecule is OC1c2ccccc2CC1Cc1ccncc1Cl. The summed E-state index contributed by atoms with van der Waals surface area (Å²) in [6, 6.07) is 10.0. The topological polar surface area (TPSA) is 33.1 Å². The fraction of sp³-hybridized carbons (Fsp3) is 0.267. The molecule has 2 unspecified atom stereocenters. The second-order valence-corrected chi connectivity index (χ2v) is 5.19. The summed E-state index contributed by atoms with van der Waals surface area (Å²) in [7, 11) is 0. The number of aromatic nitrogens is 1. The van der Waals surface area contributed by atoms with Crippen molar-refractivity contribution in [1.29, 1.82) is 0 Å². The van der Waals surface area contributed by atoms with E-state index in [1.807, 2.05) is 24.3 Å². The molecule has 3 heteroatoms. The number of pyridine rings is 1. The largest absolute Gasteiger partial charge is 0.388 e. The van der Waals surface area contributed by atoms with Gasteiger partial charge in [-0.3, -0.25) is 4.98 Å². The van der Waals surface area contributed by atoms with Gasteiger partial charge in [0, 0.05) is 12.4 Å². The van der Waals surface area contributed by atoms with E-state index in [1.54, 1.807) is 12.4 Å². The van der Waals surface area contributed by atoms with Crippen LogP contribution in [0.5, 0.6) is 0 Å². The highest BCUT2D eigenvalue weighted by Gasteiger charge is 2.30. The second kappa shape index (κ2) is 4.71. The van der Waals surface area contributed by atoms with Crippen molar-refractivity contribution in [3.8, 4) is 0 Å². The van der Waals surface area contributed by atoms with Gasteiger partial charge in [-0.2, -0.15) is 0 Å². The number of aliphatic hydroxyl groups is 1. The van der Waals surface area contributed by atoms with Gasteiger partial charge in [-0.15, -0.1) is 0 Å². The summed E-state index contributed by atoms with van der Waals surface area (Å²) < 4.78 is 0. The first-order valence-corrected chi connectivity index (χ1v) is 6.48. The molecule has 2 aromatic rings. The zero-order valence-electron chi connectivity index (χ0n) is 9.88. The van der Waals surface area contributed by atoms with Crippen LogP contribution in [0.1, 0.15) is 22.8 Å². The van der Waals surface area contributed by atoms with Crippen LogP contribution >= 0.6 is 11.6 Å². The molecule has 2 atom stereocenters. The summed E-state index contributed by atoms with van der Waals surface area (Å²) in [4.78, 5) is 3.98. The first-order chi connectivity index (χ1) is 8.75. The lowest BCUT2D eigenvalue weighted by Gasteiger charge is -2.15. The third kappa shape index (κ3) is 2.02. The molecule has 2 nitrogen and oxygen atoms in total. The van der Waals surface area contributed by atoms with E-state index in [0.29, 0.717) is 5.02 Å². The highest BCUT2D eigenvalue weighted by molar-refractivity contribution is 6.31. The number of aliphatic hydroxyl groups excluding tert-OH is 1. The van der Waals surface area contributed by atoms with Crippen LogP contribution in [0.2, 0.25) is 5.02 Å². The van der Waals surface area contributed by atoms with Crippen LogP contribution in [-0.4, -0.2) is 10.1 Å². The number of benzene rings is 1. The molecule has 0 saturated heterocycles. The Morgan fingerprint density at radius 1 is 1.28 bits per heavy atom. The van der Waals surface area contributed by atoms with Crippen LogP contribution in [0.15, 0.2) is 42.7 Å². The van der Waals surface area contributed by atoms with Gasteiger partial charge in [0.2, 0.25) is 0 Å². The molecule has 0 spiro atoms. The minimum atomic E-state index is -0.384. The molecular formula is C15H14ClNO. The van der Waals surface area contributed by atoms with Gasteiger partial charge in [-0.1, -0.05) is 35.9 Å². The molecule has 0 saturated carbocycles. The Balaban J connectivity index is 1.83. The number of fused-ring (bicyclic) bond motifs is 1. The van der Waals surface area contributed by atoms with E-state index in [2.05, 4.69) is 11.1 Å². The third-order valence-corrected chi connectivity index (χ3v) is 3.98. The number of rotatable bonds is 2. The summed E-state index contributed by atoms with van der Waals surface area (Å²) in [6.07, 6.45) is 4.72. The maximum Gasteiger partial charge on any atom is 0.0827 e. The van der Waals surface area contributed by atoms with Crippen molar-refractivity contribution in [2.75, 3.05) is 0 Å². The monoisotopic (exact) mass is 259 g/mol. The van der Waals surface area contributed by atoms with E-state index in [4.69, 9.17) is 11.6 Å². The van der Waals surface area contributed by atoms with Crippen molar-refractivity contribution >= 4 is 11.6 Å². The molecule has 0 bridgehead atoms. The smallest absolute Gasteiger partial charge is 0.0827 e. The average molecular weight is 260 g/mol. The van der Waals surface area contributed by atoms with Gasteiger partial charge in [0.25, 0.3) is 0 Å². The van der Waals surface area contributed by atoms with Gasteiger partial charge in [0.1, 0.15) is 0 Å². The lowest BCUT2D eigenvalue weighted by molar-refractivity contribution is 0.123. The zero-order chi connectivity index (χ0) is 12.5. The highest BCUT2D eigenvalue weighted by Crippen LogP contribution is 2.38. The molecule has 0 amide bonds. The van der Waals surface area contributed by atoms with E-state index in [-0.39, 0.29) is 12.0 Å². The Labute approximate surface area is 111 Å². The molecule has 1 heterocycles. The lowest BCUT2D eigenvalue weighted by Crippen LogP contribution is -2.10. The average Bonchev–Trinajstić information content (AvgIpc) is 2.70. The van der Waals surface area contributed by atoms with Crippen LogP contribution < -0.4 is 0 Å². The molecule has 0 radical (unpaired) electrons. The van der Waals surface area contributed by atoms with Gasteiger partial charge in [-0.25, -0.2) is 0 Å². The van der Waals surface area contributed by atoms with E-state index in [0.717, 1.165) is 24.0 Å². The van der Waals surface area contributed by atoms with Crippen LogP contribution in [0.3, 0.4) is 0 Å². The number of hydrogen-bond acceptors (Lipinski definition) is 2. The minimum Gasteiger partial charge on any atom is -0.388 e. The fourth-order valence-electron chi connectivity index (χ4n) is 2.69. The molecule has 0 aliphatic heterocycles. The van der Waals surface area contributed by atoms with Gasteiger partial charge >= 0.3 is 0 Å². The van der Waals surface area contributed by atoms with Gasteiger partial charge in [0.05, 0.1) is 11.1 Å². The van der Waals surface area contributed by atoms with E-state index >= 15 is 0 Å². The Morgan fingerprint density at radius 2 is 2.11 bits per heavy atom. The first kappa shape index (κ1) is 11.7. The van der Waals surface area contributed by atoms with Crippen LogP contribution in [-0.2, 0) is 12.8 Å². The molecule has 0 fully saturated rings. The summed E-state index contributed by atoms with van der Waals surface area (Å²) in [5, 5.41) is 11.0. The molecular weight excluding hydrogens is 246 g/mol. The van der Waals surface area contributed by atoms with E-state index in [9.17, 15) is 5.11 Å². The molecule has 18 heavy (non-hydrogen) atoms. The molecule has 1 aromatic heterocycles. The Morgan fingerprint density at radius 3 is 2.89 bits per heavy atom. The quantitative estimate of drug-likeness (QED) is 0.899. The number of halogens is 1. The van der Waals surface area contributed by atoms with Crippen molar-refractivity contribution in [1.82, 2.24) is 4.98 Å². The number of hydrogen-bond donors (Lipinski definition) is 1. The molecule has 1 aliphatic carbocycles. The first-order valence-electron chi connectivity index (χ1n) is 6.10. The van der Waals surface area contributed by atoms with Crippen LogP contribution in [0.4, 0.5) is 0 Å². The van der Waals surface area contributed by atoms with E-state index < -0.39 is 0 Å². The molecule has 92 valence electrons. The second-order valence-electron chi connectivity index (χ2n) is 4.78.